The molecule has 0 fully saturated rings. The number of aromatic nitrogens is 1. The first-order chi connectivity index (χ1) is 15.4. The number of anilines is 1. The number of halogens is 1. The summed E-state index contributed by atoms with van der Waals surface area (Å²) in [6.45, 7) is 0. The van der Waals surface area contributed by atoms with Crippen LogP contribution in [0.5, 0.6) is 5.88 Å². The Labute approximate surface area is 188 Å². The highest BCUT2D eigenvalue weighted by atomic mass is 35.5. The Kier molecular flexibility index (Phi) is 4.96. The molecule has 1 aliphatic heterocycles. The van der Waals surface area contributed by atoms with Gasteiger partial charge in [-0.2, -0.15) is 0 Å². The van der Waals surface area contributed by atoms with Crippen LogP contribution in [0, 0.1) is 0 Å². The molecule has 1 aliphatic rings. The van der Waals surface area contributed by atoms with Gasteiger partial charge in [-0.1, -0.05) is 41.9 Å². The fourth-order valence-corrected chi connectivity index (χ4v) is 4.92. The molecule has 0 spiro atoms. The average molecular weight is 465 g/mol. The summed E-state index contributed by atoms with van der Waals surface area (Å²) in [5.74, 6) is 0.212. The van der Waals surface area contributed by atoms with Crippen molar-refractivity contribution in [1.29, 1.82) is 0 Å². The molecule has 0 radical (unpaired) electrons. The van der Waals surface area contributed by atoms with Crippen LogP contribution < -0.4 is 15.4 Å². The third-order valence-corrected chi connectivity index (χ3v) is 6.47. The number of rotatable bonds is 5. The van der Waals surface area contributed by atoms with Crippen molar-refractivity contribution in [2.75, 3.05) is 4.72 Å². The lowest BCUT2D eigenvalue weighted by Gasteiger charge is -2.08. The average Bonchev–Trinajstić information content (AvgIpc) is 3.28. The molecule has 0 saturated carbocycles. The predicted molar refractivity (Wildman–Crippen MR) is 124 cm³/mol. The lowest BCUT2D eigenvalue weighted by atomic mass is 10.1. The summed E-state index contributed by atoms with van der Waals surface area (Å²) >= 11 is 6.02. The van der Waals surface area contributed by atoms with Crippen molar-refractivity contribution in [3.63, 3.8) is 0 Å². The molecule has 7 nitrogen and oxygen atoms in total. The number of H-pyrrole nitrogens is 1. The maximum absolute atomic E-state index is 12.6. The summed E-state index contributed by atoms with van der Waals surface area (Å²) in [5, 5.41) is 13.0. The maximum atomic E-state index is 12.6. The second-order valence-corrected chi connectivity index (χ2v) is 9.51. The van der Waals surface area contributed by atoms with Gasteiger partial charge in [0, 0.05) is 27.2 Å². The standard InChI is InChI=1S/C23H17ClN4O3S/c24-15-6-8-20-21(10-15)26-22(25-20)12-18-17-11-16(7-9-19(17)27-23(18)29)28-32(30,31)13-14-4-2-1-3-5-14/h1-12,27-29H,13H2/b22-12-. The van der Waals surface area contributed by atoms with Gasteiger partial charge in [0.25, 0.3) is 0 Å². The molecule has 0 aliphatic carbocycles. The summed E-state index contributed by atoms with van der Waals surface area (Å²) in [6.07, 6.45) is 1.64. The number of aromatic amines is 1. The second kappa shape index (κ2) is 7.81. The van der Waals surface area contributed by atoms with Gasteiger partial charge in [-0.3, -0.25) is 4.72 Å². The van der Waals surface area contributed by atoms with Gasteiger partial charge in [0.15, 0.2) is 11.7 Å². The predicted octanol–water partition coefficient (Wildman–Crippen LogP) is 3.72. The minimum absolute atomic E-state index is 0.0591. The van der Waals surface area contributed by atoms with E-state index < -0.39 is 10.0 Å². The number of fused-ring (bicyclic) bond motifs is 2. The Morgan fingerprint density at radius 2 is 1.78 bits per heavy atom. The van der Waals surface area contributed by atoms with E-state index in [1.807, 2.05) is 6.07 Å². The van der Waals surface area contributed by atoms with E-state index in [9.17, 15) is 13.5 Å². The molecule has 0 bridgehead atoms. The van der Waals surface area contributed by atoms with Crippen LogP contribution in [0.3, 0.4) is 0 Å². The highest BCUT2D eigenvalue weighted by Gasteiger charge is 2.15. The van der Waals surface area contributed by atoms with E-state index in [1.54, 1.807) is 66.7 Å². The normalized spacial score (nSPS) is 14.2. The van der Waals surface area contributed by atoms with Crippen molar-refractivity contribution in [3.8, 4) is 5.88 Å². The molecule has 5 rings (SSSR count). The minimum Gasteiger partial charge on any atom is -0.494 e. The quantitative estimate of drug-likeness (QED) is 0.419. The first-order valence-electron chi connectivity index (χ1n) is 9.70. The zero-order valence-electron chi connectivity index (χ0n) is 16.6. The van der Waals surface area contributed by atoms with Crippen LogP contribution in [0.2, 0.25) is 5.02 Å². The van der Waals surface area contributed by atoms with Crippen molar-refractivity contribution in [2.24, 2.45) is 9.98 Å². The summed E-state index contributed by atoms with van der Waals surface area (Å²) in [7, 11) is -3.61. The topological polar surface area (TPSA) is 107 Å². The third kappa shape index (κ3) is 4.10. The van der Waals surface area contributed by atoms with Crippen molar-refractivity contribution in [2.45, 2.75) is 5.75 Å². The van der Waals surface area contributed by atoms with E-state index >= 15 is 0 Å². The van der Waals surface area contributed by atoms with E-state index in [0.29, 0.717) is 49.3 Å². The van der Waals surface area contributed by atoms with Crippen molar-refractivity contribution in [1.82, 2.24) is 4.98 Å². The molecule has 2 heterocycles. The number of aromatic hydroxyl groups is 1. The fraction of sp³-hybridized carbons (Fsp3) is 0.0435. The van der Waals surface area contributed by atoms with Crippen LogP contribution in [0.25, 0.3) is 17.0 Å². The van der Waals surface area contributed by atoms with Gasteiger partial charge in [0.05, 0.1) is 16.5 Å². The number of nitrogens with zero attached hydrogens (tertiary/aromatic N) is 2. The number of benzene rings is 3. The molecular weight excluding hydrogens is 448 g/mol. The summed E-state index contributed by atoms with van der Waals surface area (Å²) in [6, 6.07) is 19.2. The highest BCUT2D eigenvalue weighted by Crippen LogP contribution is 2.32. The van der Waals surface area contributed by atoms with Crippen LogP contribution >= 0.6 is 11.6 Å². The van der Waals surface area contributed by atoms with Crippen LogP contribution in [-0.2, 0) is 15.8 Å². The highest BCUT2D eigenvalue weighted by molar-refractivity contribution is 7.91. The van der Waals surface area contributed by atoms with Gasteiger partial charge in [-0.15, -0.1) is 0 Å². The number of hydrogen-bond acceptors (Lipinski definition) is 5. The first kappa shape index (κ1) is 20.3. The summed E-state index contributed by atoms with van der Waals surface area (Å²) in [5.41, 5.74) is 2.20. The Morgan fingerprint density at radius 1 is 1.00 bits per heavy atom. The smallest absolute Gasteiger partial charge is 0.236 e. The first-order valence-corrected chi connectivity index (χ1v) is 11.7. The maximum Gasteiger partial charge on any atom is 0.236 e. The minimum atomic E-state index is -3.61. The zero-order valence-corrected chi connectivity index (χ0v) is 18.2. The van der Waals surface area contributed by atoms with E-state index in [1.165, 1.54) is 0 Å². The van der Waals surface area contributed by atoms with Crippen LogP contribution in [0.4, 0.5) is 5.69 Å². The molecule has 3 aromatic carbocycles. The molecule has 0 atom stereocenters. The Morgan fingerprint density at radius 3 is 2.59 bits per heavy atom. The van der Waals surface area contributed by atoms with Gasteiger partial charge in [-0.05, 0) is 48.0 Å². The van der Waals surface area contributed by atoms with Gasteiger partial charge in [0.1, 0.15) is 0 Å². The Hall–Kier alpha value is -3.62. The lowest BCUT2D eigenvalue weighted by Crippen LogP contribution is -2.20. The van der Waals surface area contributed by atoms with E-state index in [2.05, 4.69) is 19.7 Å². The summed E-state index contributed by atoms with van der Waals surface area (Å²) < 4.78 is 27.8. The monoisotopic (exact) mass is 464 g/mol. The van der Waals surface area contributed by atoms with E-state index in [-0.39, 0.29) is 11.6 Å². The molecule has 32 heavy (non-hydrogen) atoms. The molecule has 160 valence electrons. The largest absolute Gasteiger partial charge is 0.494 e. The number of sulfonamides is 1. The van der Waals surface area contributed by atoms with Crippen LogP contribution in [0.1, 0.15) is 11.1 Å². The molecule has 4 aromatic rings. The summed E-state index contributed by atoms with van der Waals surface area (Å²) in [4.78, 5) is 11.8. The fourth-order valence-electron chi connectivity index (χ4n) is 3.56. The Balaban J connectivity index is 1.49. The van der Waals surface area contributed by atoms with Gasteiger partial charge >= 0.3 is 0 Å². The molecular formula is C23H17ClN4O3S. The van der Waals surface area contributed by atoms with Crippen LogP contribution in [-0.4, -0.2) is 18.5 Å². The Bertz CT molecular complexity index is 1610. The van der Waals surface area contributed by atoms with Crippen molar-refractivity contribution < 1.29 is 13.5 Å². The molecule has 9 heteroatoms. The molecule has 0 saturated heterocycles. The number of hydrogen-bond donors (Lipinski definition) is 3. The van der Waals surface area contributed by atoms with Crippen molar-refractivity contribution in [3.05, 3.63) is 99.4 Å². The van der Waals surface area contributed by atoms with E-state index in [0.717, 1.165) is 0 Å². The molecule has 3 N–H and O–H groups in total. The van der Waals surface area contributed by atoms with Gasteiger partial charge < -0.3 is 10.1 Å². The van der Waals surface area contributed by atoms with Crippen molar-refractivity contribution >= 4 is 44.3 Å². The lowest BCUT2D eigenvalue weighted by molar-refractivity contribution is 0.457. The second-order valence-electron chi connectivity index (χ2n) is 7.35. The number of nitrogens with one attached hydrogen (secondary N) is 2. The zero-order chi connectivity index (χ0) is 22.3. The molecule has 0 amide bonds. The van der Waals surface area contributed by atoms with E-state index in [4.69, 9.17) is 11.6 Å². The molecule has 0 unspecified atom stereocenters. The van der Waals surface area contributed by atoms with Crippen LogP contribution in [0.15, 0.2) is 82.5 Å². The van der Waals surface area contributed by atoms with Gasteiger partial charge in [-0.25, -0.2) is 18.4 Å². The molecule has 1 aromatic heterocycles. The third-order valence-electron chi connectivity index (χ3n) is 4.97. The van der Waals surface area contributed by atoms with Gasteiger partial charge in [0.2, 0.25) is 10.0 Å². The SMILES string of the molecule is O=S(=O)(Cc1ccccc1)Nc1ccc2[nH]c(O)c(/C=C3/N=c4ccc(Cl)cc4=N3)c2c1.